The summed E-state index contributed by atoms with van der Waals surface area (Å²) in [5.74, 6) is -0.0904. The van der Waals surface area contributed by atoms with Crippen molar-refractivity contribution in [3.05, 3.63) is 23.0 Å². The molecule has 1 aliphatic heterocycles. The van der Waals surface area contributed by atoms with Crippen LogP contribution in [0.5, 0.6) is 0 Å². The highest BCUT2D eigenvalue weighted by Gasteiger charge is 2.29. The van der Waals surface area contributed by atoms with Gasteiger partial charge in [-0.2, -0.15) is 10.2 Å². The highest BCUT2D eigenvalue weighted by Crippen LogP contribution is 2.33. The third-order valence-corrected chi connectivity index (χ3v) is 4.32. The lowest BCUT2D eigenvalue weighted by molar-refractivity contribution is 0.153. The minimum atomic E-state index is -2.55. The van der Waals surface area contributed by atoms with E-state index in [0.717, 1.165) is 0 Å². The van der Waals surface area contributed by atoms with Gasteiger partial charge in [0.1, 0.15) is 0 Å². The Bertz CT molecular complexity index is 737. The van der Waals surface area contributed by atoms with E-state index in [1.807, 2.05) is 25.9 Å². The number of hydrogen-bond donors (Lipinski definition) is 0. The number of aromatic nitrogens is 3. The average molecular weight is 307 g/mol. The van der Waals surface area contributed by atoms with Crippen molar-refractivity contribution in [2.45, 2.75) is 45.7 Å². The van der Waals surface area contributed by atoms with E-state index in [4.69, 9.17) is 0 Å². The van der Waals surface area contributed by atoms with Gasteiger partial charge in [-0.25, -0.2) is 18.4 Å². The van der Waals surface area contributed by atoms with Crippen molar-refractivity contribution in [3.8, 4) is 0 Å². The largest absolute Gasteiger partial charge is 0.297 e. The van der Waals surface area contributed by atoms with Crippen molar-refractivity contribution < 1.29 is 8.78 Å². The van der Waals surface area contributed by atoms with Gasteiger partial charge in [0.2, 0.25) is 0 Å². The summed E-state index contributed by atoms with van der Waals surface area (Å²) in [6, 6.07) is 1.60. The van der Waals surface area contributed by atoms with Crippen LogP contribution in [-0.2, 0) is 6.54 Å². The minimum Gasteiger partial charge on any atom is -0.297 e. The number of hydrazone groups is 1. The molecule has 0 fully saturated rings. The van der Waals surface area contributed by atoms with Crippen LogP contribution in [0.25, 0.3) is 11.0 Å². The van der Waals surface area contributed by atoms with Crippen LogP contribution < -0.4 is 0 Å². The molecule has 2 aromatic heterocycles. The van der Waals surface area contributed by atoms with Crippen LogP contribution in [0, 0.1) is 6.92 Å². The second-order valence-corrected chi connectivity index (χ2v) is 5.64. The lowest BCUT2D eigenvalue weighted by atomic mass is 9.97. The molecule has 0 saturated heterocycles. The summed E-state index contributed by atoms with van der Waals surface area (Å²) in [7, 11) is 1.87. The van der Waals surface area contributed by atoms with Crippen LogP contribution in [0.3, 0.4) is 0 Å². The van der Waals surface area contributed by atoms with E-state index in [-0.39, 0.29) is 17.5 Å². The van der Waals surface area contributed by atoms with Crippen molar-refractivity contribution in [2.24, 2.45) is 5.10 Å². The fourth-order valence-corrected chi connectivity index (χ4v) is 2.93. The number of hydrogen-bond acceptors (Lipinski definition) is 4. The normalized spacial score (nSPS) is 21.5. The number of pyridine rings is 1. The van der Waals surface area contributed by atoms with Crippen LogP contribution >= 0.6 is 0 Å². The molecule has 2 atom stereocenters. The zero-order valence-electron chi connectivity index (χ0n) is 13.1. The number of nitrogens with zero attached hydrogens (tertiary/aromatic N) is 5. The van der Waals surface area contributed by atoms with Gasteiger partial charge in [-0.1, -0.05) is 0 Å². The molecule has 0 saturated carbocycles. The first-order chi connectivity index (χ1) is 10.4. The Labute approximate surface area is 127 Å². The molecule has 7 heteroatoms. The SMILES string of the molecule is CCn1nc(C)c2c(C(F)F)cc(C3C=NN(C)C3C)nc21. The molecule has 5 nitrogen and oxygen atoms in total. The highest BCUT2D eigenvalue weighted by atomic mass is 19.3. The van der Waals surface area contributed by atoms with Gasteiger partial charge in [0.15, 0.2) is 5.65 Å². The number of alkyl halides is 2. The topological polar surface area (TPSA) is 46.3 Å². The molecule has 22 heavy (non-hydrogen) atoms. The van der Waals surface area contributed by atoms with Crippen molar-refractivity contribution in [2.75, 3.05) is 7.05 Å². The smallest absolute Gasteiger partial charge is 0.264 e. The van der Waals surface area contributed by atoms with E-state index < -0.39 is 6.43 Å². The maximum atomic E-state index is 13.5. The van der Waals surface area contributed by atoms with E-state index in [2.05, 4.69) is 15.2 Å². The number of rotatable bonds is 3. The Balaban J connectivity index is 2.23. The summed E-state index contributed by atoms with van der Waals surface area (Å²) >= 11 is 0. The van der Waals surface area contributed by atoms with Gasteiger partial charge < -0.3 is 0 Å². The number of fused-ring (bicyclic) bond motifs is 1. The van der Waals surface area contributed by atoms with E-state index in [1.165, 1.54) is 6.07 Å². The molecule has 2 aromatic rings. The van der Waals surface area contributed by atoms with Gasteiger partial charge in [0, 0.05) is 25.4 Å². The number of halogens is 2. The van der Waals surface area contributed by atoms with Crippen LogP contribution in [0.4, 0.5) is 8.78 Å². The molecule has 2 unspecified atom stereocenters. The summed E-state index contributed by atoms with van der Waals surface area (Å²) in [5.41, 5.74) is 1.75. The minimum absolute atomic E-state index is 0.00681. The summed E-state index contributed by atoms with van der Waals surface area (Å²) < 4.78 is 28.7. The lowest BCUT2D eigenvalue weighted by Gasteiger charge is -2.20. The molecular weight excluding hydrogens is 288 g/mol. The van der Waals surface area contributed by atoms with E-state index in [0.29, 0.717) is 29.0 Å². The van der Waals surface area contributed by atoms with Crippen molar-refractivity contribution in [1.82, 2.24) is 19.8 Å². The van der Waals surface area contributed by atoms with Crippen LogP contribution in [0.1, 0.15) is 43.1 Å². The predicted molar refractivity (Wildman–Crippen MR) is 81.4 cm³/mol. The average Bonchev–Trinajstić information content (AvgIpc) is 2.99. The fraction of sp³-hybridized carbons (Fsp3) is 0.533. The fourth-order valence-electron chi connectivity index (χ4n) is 2.93. The molecule has 0 aliphatic carbocycles. The van der Waals surface area contributed by atoms with Gasteiger partial charge in [0.05, 0.1) is 28.7 Å². The molecule has 0 N–H and O–H groups in total. The first-order valence-electron chi connectivity index (χ1n) is 7.37. The van der Waals surface area contributed by atoms with E-state index in [1.54, 1.807) is 17.8 Å². The maximum Gasteiger partial charge on any atom is 0.264 e. The first-order valence-corrected chi connectivity index (χ1v) is 7.37. The molecule has 0 spiro atoms. The van der Waals surface area contributed by atoms with Crippen molar-refractivity contribution in [1.29, 1.82) is 0 Å². The van der Waals surface area contributed by atoms with Crippen molar-refractivity contribution in [3.63, 3.8) is 0 Å². The Morgan fingerprint density at radius 2 is 2.09 bits per heavy atom. The molecule has 3 rings (SSSR count). The number of likely N-dealkylation sites (N-methyl/N-ethyl adjacent to an activating group) is 1. The quantitative estimate of drug-likeness (QED) is 0.875. The Morgan fingerprint density at radius 3 is 2.64 bits per heavy atom. The molecule has 1 aliphatic rings. The second-order valence-electron chi connectivity index (χ2n) is 5.64. The number of aryl methyl sites for hydroxylation is 2. The third kappa shape index (κ3) is 2.15. The zero-order chi connectivity index (χ0) is 16.0. The molecule has 0 aromatic carbocycles. The zero-order valence-corrected chi connectivity index (χ0v) is 13.1. The van der Waals surface area contributed by atoms with Crippen LogP contribution in [0.2, 0.25) is 0 Å². The Kier molecular flexibility index (Phi) is 3.58. The highest BCUT2D eigenvalue weighted by molar-refractivity contribution is 5.84. The summed E-state index contributed by atoms with van der Waals surface area (Å²) in [4.78, 5) is 4.63. The van der Waals surface area contributed by atoms with Crippen LogP contribution in [-0.4, -0.2) is 39.1 Å². The first kappa shape index (κ1) is 14.9. The van der Waals surface area contributed by atoms with E-state index >= 15 is 0 Å². The summed E-state index contributed by atoms with van der Waals surface area (Å²) in [5, 5.41) is 10.9. The monoisotopic (exact) mass is 307 g/mol. The second kappa shape index (κ2) is 5.30. The van der Waals surface area contributed by atoms with Gasteiger partial charge in [-0.15, -0.1) is 0 Å². The summed E-state index contributed by atoms with van der Waals surface area (Å²) in [6.07, 6.45) is -0.781. The molecule has 0 bridgehead atoms. The predicted octanol–water partition coefficient (Wildman–Crippen LogP) is 3.10. The van der Waals surface area contributed by atoms with Gasteiger partial charge >= 0.3 is 0 Å². The lowest BCUT2D eigenvalue weighted by Crippen LogP contribution is -2.25. The molecule has 0 radical (unpaired) electrons. The molecule has 0 amide bonds. The molecule has 3 heterocycles. The third-order valence-electron chi connectivity index (χ3n) is 4.32. The molecular formula is C15H19F2N5. The van der Waals surface area contributed by atoms with Gasteiger partial charge in [0.25, 0.3) is 6.43 Å². The standard InChI is InChI=1S/C15H19F2N5/c1-5-22-15-13(8(2)20-22)10(14(16)17)6-12(19-15)11-7-18-21(4)9(11)3/h6-7,9,11,14H,5H2,1-4H3. The van der Waals surface area contributed by atoms with Crippen LogP contribution in [0.15, 0.2) is 11.2 Å². The van der Waals surface area contributed by atoms with Gasteiger partial charge in [-0.05, 0) is 26.8 Å². The maximum absolute atomic E-state index is 13.5. The van der Waals surface area contributed by atoms with Gasteiger partial charge in [-0.3, -0.25) is 5.01 Å². The Morgan fingerprint density at radius 1 is 1.36 bits per heavy atom. The Hall–Kier alpha value is -2.05. The summed E-state index contributed by atoms with van der Waals surface area (Å²) in [6.45, 7) is 6.27. The van der Waals surface area contributed by atoms with Crippen molar-refractivity contribution >= 4 is 17.2 Å². The molecule has 118 valence electrons. The van der Waals surface area contributed by atoms with E-state index in [9.17, 15) is 8.78 Å².